The number of hydrogen-bond donors (Lipinski definition) is 2. The fraction of sp³-hybridized carbons (Fsp3) is 0.556. The second-order valence-electron chi connectivity index (χ2n) is 6.17. The van der Waals surface area contributed by atoms with Crippen molar-refractivity contribution in [2.24, 2.45) is 4.99 Å². The molecule has 2 N–H and O–H groups in total. The zero-order chi connectivity index (χ0) is 15.9. The Morgan fingerprint density at radius 1 is 1.29 bits per heavy atom. The van der Waals surface area contributed by atoms with Gasteiger partial charge in [-0.2, -0.15) is 0 Å². The Labute approximate surface area is 161 Å². The van der Waals surface area contributed by atoms with Gasteiger partial charge in [0.15, 0.2) is 5.96 Å². The van der Waals surface area contributed by atoms with Gasteiger partial charge in [-0.1, -0.05) is 25.0 Å². The normalized spacial score (nSPS) is 15.5. The van der Waals surface area contributed by atoms with E-state index in [9.17, 15) is 0 Å². The number of halogens is 1. The summed E-state index contributed by atoms with van der Waals surface area (Å²) < 4.78 is 2.21. The lowest BCUT2D eigenvalue weighted by atomic mass is 10.2. The molecule has 0 aliphatic heterocycles. The number of nitrogens with one attached hydrogen (secondary N) is 2. The molecule has 1 aliphatic carbocycles. The van der Waals surface area contributed by atoms with E-state index < -0.39 is 0 Å². The number of hydrogen-bond acceptors (Lipinski definition) is 2. The SMILES string of the molecule is CCNC(=NCCCn1cnc2ccccc21)NC1CCCC1.I. The predicted octanol–water partition coefficient (Wildman–Crippen LogP) is 3.54. The van der Waals surface area contributed by atoms with Crippen LogP contribution in [0.25, 0.3) is 11.0 Å². The third kappa shape index (κ3) is 5.09. The fourth-order valence-corrected chi connectivity index (χ4v) is 3.20. The van der Waals surface area contributed by atoms with Crippen molar-refractivity contribution in [3.8, 4) is 0 Å². The van der Waals surface area contributed by atoms with Gasteiger partial charge in [-0.25, -0.2) is 4.98 Å². The molecule has 0 amide bonds. The molecule has 1 fully saturated rings. The summed E-state index contributed by atoms with van der Waals surface area (Å²) in [6.45, 7) is 4.80. The second-order valence-corrected chi connectivity index (χ2v) is 6.17. The Kier molecular flexibility index (Phi) is 7.81. The van der Waals surface area contributed by atoms with Gasteiger partial charge < -0.3 is 15.2 Å². The first-order chi connectivity index (χ1) is 11.4. The molecule has 2 aromatic rings. The summed E-state index contributed by atoms with van der Waals surface area (Å²) in [5, 5.41) is 6.91. The van der Waals surface area contributed by atoms with Gasteiger partial charge in [-0.3, -0.25) is 4.99 Å². The monoisotopic (exact) mass is 441 g/mol. The molecule has 1 aliphatic rings. The van der Waals surface area contributed by atoms with E-state index >= 15 is 0 Å². The van der Waals surface area contributed by atoms with Gasteiger partial charge in [0.25, 0.3) is 0 Å². The Balaban J connectivity index is 0.00000208. The van der Waals surface area contributed by atoms with Gasteiger partial charge >= 0.3 is 0 Å². The summed E-state index contributed by atoms with van der Waals surface area (Å²) in [5.41, 5.74) is 2.26. The number of rotatable bonds is 6. The van der Waals surface area contributed by atoms with Crippen LogP contribution < -0.4 is 10.6 Å². The van der Waals surface area contributed by atoms with Crippen LogP contribution in [0.15, 0.2) is 35.6 Å². The van der Waals surface area contributed by atoms with E-state index in [0.29, 0.717) is 6.04 Å². The Morgan fingerprint density at radius 3 is 2.88 bits per heavy atom. The molecule has 1 saturated carbocycles. The molecule has 5 nitrogen and oxygen atoms in total. The maximum Gasteiger partial charge on any atom is 0.191 e. The van der Waals surface area contributed by atoms with Crippen LogP contribution in [0, 0.1) is 0 Å². The summed E-state index contributed by atoms with van der Waals surface area (Å²) in [6, 6.07) is 8.87. The van der Waals surface area contributed by atoms with E-state index in [2.05, 4.69) is 45.3 Å². The second kappa shape index (κ2) is 9.86. The first-order valence-electron chi connectivity index (χ1n) is 8.81. The average Bonchev–Trinajstić information content (AvgIpc) is 3.21. The van der Waals surface area contributed by atoms with Gasteiger partial charge in [0.1, 0.15) is 0 Å². The number of nitrogens with zero attached hydrogens (tertiary/aromatic N) is 3. The first kappa shape index (κ1) is 19.0. The number of aryl methyl sites for hydroxylation is 1. The van der Waals surface area contributed by atoms with Crippen molar-refractivity contribution < 1.29 is 0 Å². The van der Waals surface area contributed by atoms with Crippen molar-refractivity contribution in [3.63, 3.8) is 0 Å². The third-order valence-corrected chi connectivity index (χ3v) is 4.39. The van der Waals surface area contributed by atoms with E-state index in [4.69, 9.17) is 4.99 Å². The minimum atomic E-state index is 0. The van der Waals surface area contributed by atoms with E-state index in [1.807, 2.05) is 12.4 Å². The lowest BCUT2D eigenvalue weighted by Crippen LogP contribution is -2.42. The van der Waals surface area contributed by atoms with Crippen molar-refractivity contribution in [2.45, 2.75) is 51.6 Å². The molecule has 1 heterocycles. The molecule has 1 aromatic carbocycles. The van der Waals surface area contributed by atoms with Gasteiger partial charge in [-0.15, -0.1) is 24.0 Å². The number of para-hydroxylation sites is 2. The zero-order valence-electron chi connectivity index (χ0n) is 14.4. The van der Waals surface area contributed by atoms with Crippen LogP contribution in [0.2, 0.25) is 0 Å². The Bertz CT molecular complexity index is 646. The predicted molar refractivity (Wildman–Crippen MR) is 111 cm³/mol. The standard InChI is InChI=1S/C18H27N5.HI/c1-2-19-18(22-15-8-3-4-9-15)20-12-7-13-23-14-21-16-10-5-6-11-17(16)23;/h5-6,10-11,14-15H,2-4,7-9,12-13H2,1H3,(H2,19,20,22);1H. The highest BCUT2D eigenvalue weighted by Gasteiger charge is 2.15. The van der Waals surface area contributed by atoms with Crippen LogP contribution in [0.1, 0.15) is 39.0 Å². The van der Waals surface area contributed by atoms with E-state index in [-0.39, 0.29) is 24.0 Å². The molecule has 3 rings (SSSR count). The molecule has 0 atom stereocenters. The number of guanidine groups is 1. The number of imidazole rings is 1. The number of aromatic nitrogens is 2. The summed E-state index contributed by atoms with van der Waals surface area (Å²) in [5.74, 6) is 0.967. The van der Waals surface area contributed by atoms with Crippen molar-refractivity contribution >= 4 is 41.0 Å². The van der Waals surface area contributed by atoms with E-state index in [1.165, 1.54) is 31.2 Å². The van der Waals surface area contributed by atoms with Crippen LogP contribution in [0.5, 0.6) is 0 Å². The maximum absolute atomic E-state index is 4.72. The summed E-state index contributed by atoms with van der Waals surface area (Å²) in [7, 11) is 0. The molecule has 1 aromatic heterocycles. The topological polar surface area (TPSA) is 54.2 Å². The maximum atomic E-state index is 4.72. The van der Waals surface area contributed by atoms with Crippen LogP contribution >= 0.6 is 24.0 Å². The minimum absolute atomic E-state index is 0. The molecule has 0 radical (unpaired) electrons. The first-order valence-corrected chi connectivity index (χ1v) is 8.81. The van der Waals surface area contributed by atoms with Gasteiger partial charge in [0.2, 0.25) is 0 Å². The lowest BCUT2D eigenvalue weighted by Gasteiger charge is -2.16. The third-order valence-electron chi connectivity index (χ3n) is 4.39. The number of aliphatic imine (C=N–C) groups is 1. The smallest absolute Gasteiger partial charge is 0.191 e. The van der Waals surface area contributed by atoms with Gasteiger partial charge in [-0.05, 0) is 38.3 Å². The zero-order valence-corrected chi connectivity index (χ0v) is 16.7. The van der Waals surface area contributed by atoms with Gasteiger partial charge in [0, 0.05) is 25.7 Å². The quantitative estimate of drug-likeness (QED) is 0.312. The number of benzene rings is 1. The largest absolute Gasteiger partial charge is 0.357 e. The molecule has 24 heavy (non-hydrogen) atoms. The average molecular weight is 441 g/mol. The molecular weight excluding hydrogens is 413 g/mol. The molecule has 132 valence electrons. The van der Waals surface area contributed by atoms with E-state index in [0.717, 1.165) is 37.5 Å². The fourth-order valence-electron chi connectivity index (χ4n) is 3.20. The molecule has 0 saturated heterocycles. The van der Waals surface area contributed by atoms with Crippen molar-refractivity contribution in [1.82, 2.24) is 20.2 Å². The molecular formula is C18H28IN5. The highest BCUT2D eigenvalue weighted by atomic mass is 127. The Morgan fingerprint density at radius 2 is 2.08 bits per heavy atom. The van der Waals surface area contributed by atoms with Crippen LogP contribution in [-0.2, 0) is 6.54 Å². The molecule has 0 bridgehead atoms. The summed E-state index contributed by atoms with van der Waals surface area (Å²) >= 11 is 0. The lowest BCUT2D eigenvalue weighted by molar-refractivity contribution is 0.609. The minimum Gasteiger partial charge on any atom is -0.357 e. The van der Waals surface area contributed by atoms with Crippen LogP contribution in [-0.4, -0.2) is 34.6 Å². The molecule has 0 unspecified atom stereocenters. The molecule has 0 spiro atoms. The van der Waals surface area contributed by atoms with Crippen molar-refractivity contribution in [3.05, 3.63) is 30.6 Å². The van der Waals surface area contributed by atoms with Gasteiger partial charge in [0.05, 0.1) is 17.4 Å². The number of fused-ring (bicyclic) bond motifs is 1. The molecule has 6 heteroatoms. The highest BCUT2D eigenvalue weighted by Crippen LogP contribution is 2.17. The highest BCUT2D eigenvalue weighted by molar-refractivity contribution is 14.0. The van der Waals surface area contributed by atoms with Crippen LogP contribution in [0.4, 0.5) is 0 Å². The summed E-state index contributed by atoms with van der Waals surface area (Å²) in [4.78, 5) is 9.15. The van der Waals surface area contributed by atoms with Crippen molar-refractivity contribution in [1.29, 1.82) is 0 Å². The summed E-state index contributed by atoms with van der Waals surface area (Å²) in [6.07, 6.45) is 8.16. The van der Waals surface area contributed by atoms with E-state index in [1.54, 1.807) is 0 Å². The van der Waals surface area contributed by atoms with Crippen molar-refractivity contribution in [2.75, 3.05) is 13.1 Å². The van der Waals surface area contributed by atoms with Crippen LogP contribution in [0.3, 0.4) is 0 Å². The Hall–Kier alpha value is -1.31.